The minimum atomic E-state index is -0.721. The number of carbonyl (C=O) groups is 1. The molecule has 0 aliphatic rings. The van der Waals surface area contributed by atoms with Gasteiger partial charge in [-0.15, -0.1) is 0 Å². The van der Waals surface area contributed by atoms with Crippen LogP contribution in [-0.2, 0) is 4.79 Å². The second-order valence-corrected chi connectivity index (χ2v) is 3.75. The molecule has 0 heterocycles. The van der Waals surface area contributed by atoms with E-state index in [0.29, 0.717) is 12.6 Å². The number of carboxylic acids is 1. The molecule has 0 bridgehead atoms. The van der Waals surface area contributed by atoms with E-state index >= 15 is 0 Å². The van der Waals surface area contributed by atoms with Crippen molar-refractivity contribution in [2.75, 3.05) is 13.2 Å². The van der Waals surface area contributed by atoms with Gasteiger partial charge in [0.15, 0.2) is 0 Å². The van der Waals surface area contributed by atoms with E-state index < -0.39 is 5.97 Å². The SMILES string of the molecule is CC(CCCC(C)C(=O)O)NCCO. The van der Waals surface area contributed by atoms with E-state index in [9.17, 15) is 4.79 Å². The van der Waals surface area contributed by atoms with Gasteiger partial charge in [-0.2, -0.15) is 0 Å². The highest BCUT2D eigenvalue weighted by Gasteiger charge is 2.10. The molecular weight excluding hydrogens is 182 g/mol. The van der Waals surface area contributed by atoms with Gasteiger partial charge in [-0.3, -0.25) is 4.79 Å². The van der Waals surface area contributed by atoms with Crippen LogP contribution in [0.5, 0.6) is 0 Å². The number of hydrogen-bond acceptors (Lipinski definition) is 3. The summed E-state index contributed by atoms with van der Waals surface area (Å²) in [6.07, 6.45) is 2.59. The smallest absolute Gasteiger partial charge is 0.306 e. The Morgan fingerprint density at radius 3 is 2.50 bits per heavy atom. The summed E-state index contributed by atoms with van der Waals surface area (Å²) < 4.78 is 0. The number of aliphatic carboxylic acids is 1. The first-order valence-electron chi connectivity index (χ1n) is 5.15. The third-order valence-electron chi connectivity index (χ3n) is 2.30. The van der Waals surface area contributed by atoms with E-state index in [4.69, 9.17) is 10.2 Å². The maximum atomic E-state index is 10.5. The molecule has 2 atom stereocenters. The van der Waals surface area contributed by atoms with Gasteiger partial charge in [0.05, 0.1) is 12.5 Å². The fourth-order valence-electron chi connectivity index (χ4n) is 1.27. The van der Waals surface area contributed by atoms with Gasteiger partial charge < -0.3 is 15.5 Å². The van der Waals surface area contributed by atoms with E-state index in [2.05, 4.69) is 5.32 Å². The number of rotatable bonds is 8. The molecule has 0 aliphatic heterocycles. The molecule has 0 fully saturated rings. The van der Waals surface area contributed by atoms with E-state index in [1.54, 1.807) is 6.92 Å². The monoisotopic (exact) mass is 203 g/mol. The molecule has 0 aliphatic carbocycles. The third-order valence-corrected chi connectivity index (χ3v) is 2.30. The van der Waals surface area contributed by atoms with E-state index in [-0.39, 0.29) is 12.5 Å². The van der Waals surface area contributed by atoms with Crippen LogP contribution in [0.2, 0.25) is 0 Å². The highest BCUT2D eigenvalue weighted by molar-refractivity contribution is 5.69. The van der Waals surface area contributed by atoms with Crippen LogP contribution in [0.25, 0.3) is 0 Å². The summed E-state index contributed by atoms with van der Waals surface area (Å²) in [5.41, 5.74) is 0. The molecule has 0 saturated heterocycles. The van der Waals surface area contributed by atoms with Crippen LogP contribution in [0.1, 0.15) is 33.1 Å². The number of carboxylic acid groups (broad SMARTS) is 1. The molecule has 14 heavy (non-hydrogen) atoms. The van der Waals surface area contributed by atoms with Crippen molar-refractivity contribution in [1.82, 2.24) is 5.32 Å². The van der Waals surface area contributed by atoms with Gasteiger partial charge in [0, 0.05) is 12.6 Å². The highest BCUT2D eigenvalue weighted by atomic mass is 16.4. The van der Waals surface area contributed by atoms with E-state index in [0.717, 1.165) is 19.3 Å². The maximum absolute atomic E-state index is 10.5. The Bertz CT molecular complexity index is 161. The molecule has 0 rings (SSSR count). The molecule has 84 valence electrons. The zero-order valence-electron chi connectivity index (χ0n) is 8.99. The molecule has 0 aromatic rings. The Hall–Kier alpha value is -0.610. The van der Waals surface area contributed by atoms with Crippen molar-refractivity contribution in [2.45, 2.75) is 39.2 Å². The van der Waals surface area contributed by atoms with Crippen LogP contribution in [0.15, 0.2) is 0 Å². The molecule has 4 heteroatoms. The lowest BCUT2D eigenvalue weighted by atomic mass is 10.0. The van der Waals surface area contributed by atoms with Gasteiger partial charge in [-0.25, -0.2) is 0 Å². The summed E-state index contributed by atoms with van der Waals surface area (Å²) in [7, 11) is 0. The van der Waals surface area contributed by atoms with Gasteiger partial charge in [0.25, 0.3) is 0 Å². The summed E-state index contributed by atoms with van der Waals surface area (Å²) in [5, 5.41) is 20.3. The average Bonchev–Trinajstić information content (AvgIpc) is 2.14. The van der Waals surface area contributed by atoms with Gasteiger partial charge in [0.1, 0.15) is 0 Å². The average molecular weight is 203 g/mol. The molecule has 0 amide bonds. The van der Waals surface area contributed by atoms with Crippen molar-refractivity contribution in [1.29, 1.82) is 0 Å². The van der Waals surface area contributed by atoms with Crippen LogP contribution in [0, 0.1) is 5.92 Å². The van der Waals surface area contributed by atoms with Gasteiger partial charge in [0.2, 0.25) is 0 Å². The van der Waals surface area contributed by atoms with Gasteiger partial charge in [-0.1, -0.05) is 13.3 Å². The molecule has 0 radical (unpaired) electrons. The Morgan fingerprint density at radius 2 is 2.00 bits per heavy atom. The highest BCUT2D eigenvalue weighted by Crippen LogP contribution is 2.09. The molecule has 2 unspecified atom stereocenters. The third kappa shape index (κ3) is 6.86. The molecule has 3 N–H and O–H groups in total. The normalized spacial score (nSPS) is 15.1. The molecule has 0 saturated carbocycles. The first-order valence-corrected chi connectivity index (χ1v) is 5.15. The molecule has 0 aromatic heterocycles. The maximum Gasteiger partial charge on any atom is 0.306 e. The van der Waals surface area contributed by atoms with Crippen molar-refractivity contribution in [3.8, 4) is 0 Å². The summed E-state index contributed by atoms with van der Waals surface area (Å²) in [6, 6.07) is 0.350. The molecule has 0 aromatic carbocycles. The molecule has 4 nitrogen and oxygen atoms in total. The van der Waals surface area contributed by atoms with Crippen molar-refractivity contribution in [2.24, 2.45) is 5.92 Å². The second kappa shape index (κ2) is 7.76. The largest absolute Gasteiger partial charge is 0.481 e. The lowest BCUT2D eigenvalue weighted by Crippen LogP contribution is -2.28. The zero-order valence-corrected chi connectivity index (χ0v) is 8.99. The van der Waals surface area contributed by atoms with Crippen molar-refractivity contribution in [3.63, 3.8) is 0 Å². The quantitative estimate of drug-likeness (QED) is 0.547. The summed E-state index contributed by atoms with van der Waals surface area (Å²) in [6.45, 7) is 4.53. The summed E-state index contributed by atoms with van der Waals surface area (Å²) in [4.78, 5) is 10.5. The Kier molecular flexibility index (Phi) is 7.42. The first-order chi connectivity index (χ1) is 6.57. The minimum Gasteiger partial charge on any atom is -0.481 e. The predicted octanol–water partition coefficient (Wildman–Crippen LogP) is 0.848. The fourth-order valence-corrected chi connectivity index (χ4v) is 1.27. The minimum absolute atomic E-state index is 0.149. The fraction of sp³-hybridized carbons (Fsp3) is 0.900. The lowest BCUT2D eigenvalue weighted by Gasteiger charge is -2.13. The number of aliphatic hydroxyl groups is 1. The summed E-state index contributed by atoms with van der Waals surface area (Å²) >= 11 is 0. The van der Waals surface area contributed by atoms with E-state index in [1.807, 2.05) is 6.92 Å². The summed E-state index contributed by atoms with van der Waals surface area (Å²) in [5.74, 6) is -0.971. The van der Waals surface area contributed by atoms with Crippen LogP contribution >= 0.6 is 0 Å². The lowest BCUT2D eigenvalue weighted by molar-refractivity contribution is -0.141. The van der Waals surface area contributed by atoms with Crippen LogP contribution in [-0.4, -0.2) is 35.4 Å². The van der Waals surface area contributed by atoms with Crippen LogP contribution in [0.4, 0.5) is 0 Å². The van der Waals surface area contributed by atoms with Crippen LogP contribution in [0.3, 0.4) is 0 Å². The standard InChI is InChI=1S/C10H21NO3/c1-8(10(13)14)4-3-5-9(2)11-6-7-12/h8-9,11-12H,3-7H2,1-2H3,(H,13,14). The number of nitrogens with one attached hydrogen (secondary N) is 1. The Morgan fingerprint density at radius 1 is 1.36 bits per heavy atom. The van der Waals surface area contributed by atoms with Crippen molar-refractivity contribution >= 4 is 5.97 Å². The topological polar surface area (TPSA) is 69.6 Å². The first kappa shape index (κ1) is 13.4. The van der Waals surface area contributed by atoms with E-state index in [1.165, 1.54) is 0 Å². The van der Waals surface area contributed by atoms with Crippen LogP contribution < -0.4 is 5.32 Å². The zero-order chi connectivity index (χ0) is 11.0. The van der Waals surface area contributed by atoms with Gasteiger partial charge in [-0.05, 0) is 19.8 Å². The molecular formula is C10H21NO3. The predicted molar refractivity (Wildman–Crippen MR) is 55.2 cm³/mol. The van der Waals surface area contributed by atoms with Crippen molar-refractivity contribution in [3.05, 3.63) is 0 Å². The van der Waals surface area contributed by atoms with Crippen molar-refractivity contribution < 1.29 is 15.0 Å². The number of hydrogen-bond donors (Lipinski definition) is 3. The number of aliphatic hydroxyl groups excluding tert-OH is 1. The molecule has 0 spiro atoms. The van der Waals surface area contributed by atoms with Gasteiger partial charge >= 0.3 is 5.97 Å². The Labute approximate surface area is 85.3 Å². The second-order valence-electron chi connectivity index (χ2n) is 3.75. The Balaban J connectivity index is 3.39.